The van der Waals surface area contributed by atoms with Crippen molar-refractivity contribution in [3.8, 4) is 22.6 Å². The van der Waals surface area contributed by atoms with E-state index in [2.05, 4.69) is 6.92 Å². The van der Waals surface area contributed by atoms with Crippen molar-refractivity contribution in [1.29, 1.82) is 0 Å². The molecule has 0 atom stereocenters. The predicted molar refractivity (Wildman–Crippen MR) is 74.0 cm³/mol. The second kappa shape index (κ2) is 5.13. The molecule has 94 valence electrons. The van der Waals surface area contributed by atoms with E-state index in [0.717, 1.165) is 29.5 Å². The summed E-state index contributed by atoms with van der Waals surface area (Å²) in [6.45, 7) is 4.08. The summed E-state index contributed by atoms with van der Waals surface area (Å²) in [7, 11) is 0. The van der Waals surface area contributed by atoms with Gasteiger partial charge in [-0.05, 0) is 47.7 Å². The highest BCUT2D eigenvalue weighted by atomic mass is 16.3. The zero-order valence-electron chi connectivity index (χ0n) is 10.8. The highest BCUT2D eigenvalue weighted by molar-refractivity contribution is 5.72. The van der Waals surface area contributed by atoms with Gasteiger partial charge in [-0.3, -0.25) is 0 Å². The summed E-state index contributed by atoms with van der Waals surface area (Å²) < 4.78 is 0. The molecule has 0 aliphatic rings. The Kier molecular flexibility index (Phi) is 3.56. The van der Waals surface area contributed by atoms with Crippen LogP contribution in [-0.4, -0.2) is 10.2 Å². The van der Waals surface area contributed by atoms with Gasteiger partial charge in [0, 0.05) is 5.56 Å². The molecule has 0 aliphatic carbocycles. The van der Waals surface area contributed by atoms with E-state index in [4.69, 9.17) is 0 Å². The molecule has 18 heavy (non-hydrogen) atoms. The molecule has 2 aromatic carbocycles. The first-order valence-electron chi connectivity index (χ1n) is 6.29. The average molecular weight is 242 g/mol. The van der Waals surface area contributed by atoms with Crippen molar-refractivity contribution < 1.29 is 10.2 Å². The molecule has 0 bridgehead atoms. The lowest BCUT2D eigenvalue weighted by atomic mass is 9.99. The van der Waals surface area contributed by atoms with E-state index < -0.39 is 0 Å². The Morgan fingerprint density at radius 2 is 1.61 bits per heavy atom. The fourth-order valence-electron chi connectivity index (χ4n) is 2.06. The molecule has 0 amide bonds. The minimum atomic E-state index is 0.246. The van der Waals surface area contributed by atoms with Crippen molar-refractivity contribution in [1.82, 2.24) is 0 Å². The number of phenols is 2. The zero-order valence-corrected chi connectivity index (χ0v) is 10.8. The van der Waals surface area contributed by atoms with Crippen LogP contribution in [-0.2, 0) is 12.8 Å². The van der Waals surface area contributed by atoms with E-state index in [1.807, 2.05) is 31.2 Å². The molecule has 2 heteroatoms. The van der Waals surface area contributed by atoms with Gasteiger partial charge in [-0.1, -0.05) is 32.0 Å². The van der Waals surface area contributed by atoms with Crippen molar-refractivity contribution in [3.63, 3.8) is 0 Å². The Hall–Kier alpha value is -1.96. The first kappa shape index (κ1) is 12.5. The fourth-order valence-corrected chi connectivity index (χ4v) is 2.06. The summed E-state index contributed by atoms with van der Waals surface area (Å²) in [4.78, 5) is 0. The zero-order chi connectivity index (χ0) is 13.1. The minimum absolute atomic E-state index is 0.246. The molecule has 0 aliphatic heterocycles. The van der Waals surface area contributed by atoms with Gasteiger partial charge in [0.05, 0.1) is 0 Å². The fraction of sp³-hybridized carbons (Fsp3) is 0.250. The van der Waals surface area contributed by atoms with Gasteiger partial charge in [-0.15, -0.1) is 0 Å². The molecule has 0 saturated carbocycles. The molecule has 2 rings (SSSR count). The van der Waals surface area contributed by atoms with E-state index in [1.165, 1.54) is 5.56 Å². The maximum Gasteiger partial charge on any atom is 0.123 e. The van der Waals surface area contributed by atoms with E-state index in [-0.39, 0.29) is 11.5 Å². The summed E-state index contributed by atoms with van der Waals surface area (Å²) in [5, 5.41) is 19.8. The third-order valence-electron chi connectivity index (χ3n) is 3.25. The quantitative estimate of drug-likeness (QED) is 0.857. The van der Waals surface area contributed by atoms with E-state index in [1.54, 1.807) is 12.1 Å². The summed E-state index contributed by atoms with van der Waals surface area (Å²) in [6.07, 6.45) is 1.72. The molecule has 0 radical (unpaired) electrons. The van der Waals surface area contributed by atoms with Crippen LogP contribution in [0.15, 0.2) is 36.4 Å². The molecular formula is C16H18O2. The van der Waals surface area contributed by atoms with Crippen molar-refractivity contribution in [2.75, 3.05) is 0 Å². The van der Waals surface area contributed by atoms with Gasteiger partial charge < -0.3 is 10.2 Å². The molecule has 0 aromatic heterocycles. The van der Waals surface area contributed by atoms with Gasteiger partial charge in [0.1, 0.15) is 11.5 Å². The van der Waals surface area contributed by atoms with Crippen LogP contribution in [0.3, 0.4) is 0 Å². The van der Waals surface area contributed by atoms with Gasteiger partial charge in [0.15, 0.2) is 0 Å². The van der Waals surface area contributed by atoms with Crippen LogP contribution in [0.1, 0.15) is 25.0 Å². The molecule has 2 nitrogen and oxygen atoms in total. The molecule has 0 fully saturated rings. The number of hydrogen-bond acceptors (Lipinski definition) is 2. The first-order valence-corrected chi connectivity index (χ1v) is 6.29. The van der Waals surface area contributed by atoms with Gasteiger partial charge in [-0.2, -0.15) is 0 Å². The molecule has 0 heterocycles. The van der Waals surface area contributed by atoms with E-state index in [9.17, 15) is 10.2 Å². The first-order chi connectivity index (χ1) is 8.65. The van der Waals surface area contributed by atoms with Crippen LogP contribution < -0.4 is 0 Å². The largest absolute Gasteiger partial charge is 0.508 e. The standard InChI is InChI=1S/C16H18O2/c1-3-11-5-8-15(17)14(9-11)13-7-6-12(4-2)16(18)10-13/h5-10,17-18H,3-4H2,1-2H3. The Bertz CT molecular complexity index is 559. The van der Waals surface area contributed by atoms with Crippen LogP contribution in [0, 0.1) is 0 Å². The SMILES string of the molecule is CCc1ccc(O)c(-c2ccc(CC)c(O)c2)c1. The Morgan fingerprint density at radius 3 is 2.22 bits per heavy atom. The van der Waals surface area contributed by atoms with Crippen molar-refractivity contribution in [2.24, 2.45) is 0 Å². The number of hydrogen-bond donors (Lipinski definition) is 2. The molecule has 0 unspecified atom stereocenters. The maximum absolute atomic E-state index is 9.92. The second-order valence-corrected chi connectivity index (χ2v) is 4.40. The monoisotopic (exact) mass is 242 g/mol. The van der Waals surface area contributed by atoms with Crippen LogP contribution in [0.4, 0.5) is 0 Å². The predicted octanol–water partition coefficient (Wildman–Crippen LogP) is 3.89. The van der Waals surface area contributed by atoms with Crippen molar-refractivity contribution >= 4 is 0 Å². The number of phenolic OH excluding ortho intramolecular Hbond substituents is 2. The normalized spacial score (nSPS) is 10.6. The lowest BCUT2D eigenvalue weighted by Gasteiger charge is -2.09. The molecule has 2 N–H and O–H groups in total. The van der Waals surface area contributed by atoms with Gasteiger partial charge in [0.25, 0.3) is 0 Å². The van der Waals surface area contributed by atoms with Gasteiger partial charge in [-0.25, -0.2) is 0 Å². The van der Waals surface area contributed by atoms with Gasteiger partial charge >= 0.3 is 0 Å². The Balaban J connectivity index is 2.51. The Labute approximate surface area is 108 Å². The van der Waals surface area contributed by atoms with Crippen LogP contribution in [0.5, 0.6) is 11.5 Å². The van der Waals surface area contributed by atoms with Crippen LogP contribution in [0.2, 0.25) is 0 Å². The third kappa shape index (κ3) is 2.33. The number of aryl methyl sites for hydroxylation is 2. The van der Waals surface area contributed by atoms with Crippen LogP contribution in [0.25, 0.3) is 11.1 Å². The minimum Gasteiger partial charge on any atom is -0.508 e. The third-order valence-corrected chi connectivity index (χ3v) is 3.25. The highest BCUT2D eigenvalue weighted by Gasteiger charge is 2.08. The highest BCUT2D eigenvalue weighted by Crippen LogP contribution is 2.33. The molecular weight excluding hydrogens is 224 g/mol. The number of benzene rings is 2. The molecule has 0 spiro atoms. The molecule has 0 saturated heterocycles. The smallest absolute Gasteiger partial charge is 0.123 e. The van der Waals surface area contributed by atoms with Crippen molar-refractivity contribution in [3.05, 3.63) is 47.5 Å². The number of aromatic hydroxyl groups is 2. The second-order valence-electron chi connectivity index (χ2n) is 4.40. The lowest BCUT2D eigenvalue weighted by Crippen LogP contribution is -1.86. The van der Waals surface area contributed by atoms with E-state index in [0.29, 0.717) is 0 Å². The summed E-state index contributed by atoms with van der Waals surface area (Å²) >= 11 is 0. The Morgan fingerprint density at radius 1 is 0.833 bits per heavy atom. The topological polar surface area (TPSA) is 40.5 Å². The summed E-state index contributed by atoms with van der Waals surface area (Å²) in [6, 6.07) is 11.1. The van der Waals surface area contributed by atoms with Crippen molar-refractivity contribution in [2.45, 2.75) is 26.7 Å². The average Bonchev–Trinajstić information content (AvgIpc) is 2.39. The van der Waals surface area contributed by atoms with Gasteiger partial charge in [0.2, 0.25) is 0 Å². The van der Waals surface area contributed by atoms with Crippen LogP contribution >= 0.6 is 0 Å². The maximum atomic E-state index is 9.92. The number of rotatable bonds is 3. The summed E-state index contributed by atoms with van der Waals surface area (Å²) in [5.41, 5.74) is 3.71. The summed E-state index contributed by atoms with van der Waals surface area (Å²) in [5.74, 6) is 0.534. The van der Waals surface area contributed by atoms with E-state index >= 15 is 0 Å². The molecule has 2 aromatic rings. The lowest BCUT2D eigenvalue weighted by molar-refractivity contribution is 0.468.